The lowest BCUT2D eigenvalue weighted by Gasteiger charge is -2.23. The first kappa shape index (κ1) is 22.2. The molecule has 0 bridgehead atoms. The summed E-state index contributed by atoms with van der Waals surface area (Å²) >= 11 is 0. The van der Waals surface area contributed by atoms with Gasteiger partial charge in [-0.1, -0.05) is 0 Å². The normalized spacial score (nSPS) is 10.8. The number of methoxy groups -OCH3 is 1. The van der Waals surface area contributed by atoms with Crippen molar-refractivity contribution in [3.05, 3.63) is 48.0 Å². The van der Waals surface area contributed by atoms with Gasteiger partial charge in [0.15, 0.2) is 0 Å². The first-order chi connectivity index (χ1) is 13.9. The lowest BCUT2D eigenvalue weighted by Crippen LogP contribution is -2.32. The molecule has 0 aliphatic heterocycles. The van der Waals surface area contributed by atoms with Crippen molar-refractivity contribution >= 4 is 21.6 Å². The Balaban J connectivity index is 2.46. The molecule has 0 fully saturated rings. The van der Waals surface area contributed by atoms with E-state index in [0.717, 1.165) is 0 Å². The molecule has 1 N–H and O–H groups in total. The predicted molar refractivity (Wildman–Crippen MR) is 109 cm³/mol. The van der Waals surface area contributed by atoms with Gasteiger partial charge < -0.3 is 14.4 Å². The number of rotatable bonds is 9. The van der Waals surface area contributed by atoms with Crippen LogP contribution in [-0.4, -0.2) is 41.6 Å². The highest BCUT2D eigenvalue weighted by Gasteiger charge is 2.23. The molecule has 0 unspecified atom stereocenters. The molecule has 29 heavy (non-hydrogen) atoms. The van der Waals surface area contributed by atoms with E-state index in [2.05, 4.69) is 4.72 Å². The number of ether oxygens (including phenoxy) is 2. The highest BCUT2D eigenvalue weighted by atomic mass is 32.2. The van der Waals surface area contributed by atoms with Gasteiger partial charge in [-0.05, 0) is 56.4 Å². The van der Waals surface area contributed by atoms with Gasteiger partial charge in [0.25, 0.3) is 5.91 Å². The van der Waals surface area contributed by atoms with E-state index in [4.69, 9.17) is 14.7 Å². The SMILES string of the molecule is CCOc1ccc(N(CCC#N)C(=O)c2ccc(OC)c(S(=O)(=O)NC)c2)cc1. The number of sulfonamides is 1. The van der Waals surface area contributed by atoms with Gasteiger partial charge >= 0.3 is 0 Å². The van der Waals surface area contributed by atoms with Crippen LogP contribution in [0, 0.1) is 11.3 Å². The Morgan fingerprint density at radius 1 is 1.21 bits per heavy atom. The summed E-state index contributed by atoms with van der Waals surface area (Å²) in [4.78, 5) is 14.4. The molecule has 9 heteroatoms. The van der Waals surface area contributed by atoms with E-state index < -0.39 is 15.9 Å². The number of amides is 1. The van der Waals surface area contributed by atoms with Crippen molar-refractivity contribution in [3.63, 3.8) is 0 Å². The summed E-state index contributed by atoms with van der Waals surface area (Å²) in [6.07, 6.45) is 0.122. The fourth-order valence-electron chi connectivity index (χ4n) is 2.68. The lowest BCUT2D eigenvalue weighted by molar-refractivity contribution is 0.0987. The molecule has 0 atom stereocenters. The second kappa shape index (κ2) is 9.91. The molecule has 154 valence electrons. The molecule has 2 rings (SSSR count). The van der Waals surface area contributed by atoms with Crippen molar-refractivity contribution in [2.45, 2.75) is 18.2 Å². The van der Waals surface area contributed by atoms with Gasteiger partial charge in [-0.2, -0.15) is 5.26 Å². The quantitative estimate of drug-likeness (QED) is 0.672. The first-order valence-electron chi connectivity index (χ1n) is 8.91. The van der Waals surface area contributed by atoms with Crippen LogP contribution in [0.4, 0.5) is 5.69 Å². The van der Waals surface area contributed by atoms with Crippen LogP contribution < -0.4 is 19.1 Å². The van der Waals surface area contributed by atoms with Crippen molar-refractivity contribution in [3.8, 4) is 17.6 Å². The van der Waals surface area contributed by atoms with Crippen LogP contribution in [0.3, 0.4) is 0 Å². The van der Waals surface area contributed by atoms with Gasteiger partial charge in [-0.25, -0.2) is 13.1 Å². The maximum Gasteiger partial charge on any atom is 0.258 e. The Kier molecular flexibility index (Phi) is 7.59. The molecule has 2 aromatic carbocycles. The number of carbonyl (C=O) groups excluding carboxylic acids is 1. The van der Waals surface area contributed by atoms with E-state index in [-0.39, 0.29) is 29.2 Å². The number of nitrogens with one attached hydrogen (secondary N) is 1. The van der Waals surface area contributed by atoms with E-state index in [1.54, 1.807) is 24.3 Å². The summed E-state index contributed by atoms with van der Waals surface area (Å²) in [5.74, 6) is 0.357. The summed E-state index contributed by atoms with van der Waals surface area (Å²) in [7, 11) is -1.20. The van der Waals surface area contributed by atoms with Crippen LogP contribution in [0.15, 0.2) is 47.4 Å². The van der Waals surface area contributed by atoms with Crippen LogP contribution >= 0.6 is 0 Å². The second-order valence-corrected chi connectivity index (χ2v) is 7.72. The number of carbonyl (C=O) groups is 1. The van der Waals surface area contributed by atoms with Crippen molar-refractivity contribution in [1.29, 1.82) is 5.26 Å². The third-order valence-electron chi connectivity index (χ3n) is 4.12. The van der Waals surface area contributed by atoms with E-state index >= 15 is 0 Å². The standard InChI is InChI=1S/C20H23N3O5S/c1-4-28-17-9-7-16(8-10-17)23(13-5-12-21)20(24)15-6-11-18(27-3)19(14-15)29(25,26)22-2/h6-11,14,22H,4-5,13H2,1-3H3. The van der Waals surface area contributed by atoms with Crippen LogP contribution in [0.5, 0.6) is 11.5 Å². The Labute approximate surface area is 170 Å². The van der Waals surface area contributed by atoms with Crippen LogP contribution in [-0.2, 0) is 10.0 Å². The molecular weight excluding hydrogens is 394 g/mol. The topological polar surface area (TPSA) is 109 Å². The number of hydrogen-bond acceptors (Lipinski definition) is 6. The summed E-state index contributed by atoms with van der Waals surface area (Å²) in [5.41, 5.74) is 0.731. The van der Waals surface area contributed by atoms with Crippen LogP contribution in [0.1, 0.15) is 23.7 Å². The molecule has 8 nitrogen and oxygen atoms in total. The Morgan fingerprint density at radius 2 is 1.90 bits per heavy atom. The zero-order valence-electron chi connectivity index (χ0n) is 16.5. The average Bonchev–Trinajstić information content (AvgIpc) is 2.74. The maximum atomic E-state index is 13.2. The fourth-order valence-corrected chi connectivity index (χ4v) is 3.60. The number of benzene rings is 2. The number of hydrogen-bond donors (Lipinski definition) is 1. The van der Waals surface area contributed by atoms with Gasteiger partial charge in [-0.15, -0.1) is 0 Å². The van der Waals surface area contributed by atoms with Gasteiger partial charge in [0.05, 0.1) is 26.2 Å². The van der Waals surface area contributed by atoms with Gasteiger partial charge in [0.2, 0.25) is 10.0 Å². The van der Waals surface area contributed by atoms with Gasteiger partial charge in [0, 0.05) is 17.8 Å². The molecule has 0 heterocycles. The number of nitriles is 1. The third-order valence-corrected chi connectivity index (χ3v) is 5.56. The van der Waals surface area contributed by atoms with Crippen molar-refractivity contribution in [1.82, 2.24) is 4.72 Å². The van der Waals surface area contributed by atoms with Crippen molar-refractivity contribution in [2.24, 2.45) is 0 Å². The molecule has 0 saturated heterocycles. The van der Waals surface area contributed by atoms with Crippen LogP contribution in [0.2, 0.25) is 0 Å². The average molecular weight is 417 g/mol. The van der Waals surface area contributed by atoms with E-state index in [9.17, 15) is 13.2 Å². The molecular formula is C20H23N3O5S. The molecule has 0 aromatic heterocycles. The van der Waals surface area contributed by atoms with E-state index in [1.165, 1.54) is 37.3 Å². The summed E-state index contributed by atoms with van der Waals surface area (Å²) in [6, 6.07) is 13.1. The Bertz CT molecular complexity index is 998. The minimum atomic E-state index is -3.83. The zero-order chi connectivity index (χ0) is 21.4. The molecule has 0 spiro atoms. The molecule has 0 aliphatic rings. The molecule has 0 saturated carbocycles. The summed E-state index contributed by atoms with van der Waals surface area (Å²) in [6.45, 7) is 2.55. The highest BCUT2D eigenvalue weighted by Crippen LogP contribution is 2.27. The summed E-state index contributed by atoms with van der Waals surface area (Å²) in [5, 5.41) is 8.97. The predicted octanol–water partition coefficient (Wildman–Crippen LogP) is 2.56. The van der Waals surface area contributed by atoms with Crippen LogP contribution in [0.25, 0.3) is 0 Å². The first-order valence-corrected chi connectivity index (χ1v) is 10.4. The third kappa shape index (κ3) is 5.25. The number of anilines is 1. The van der Waals surface area contributed by atoms with Gasteiger partial charge in [-0.3, -0.25) is 4.79 Å². The minimum absolute atomic E-state index is 0.122. The fraction of sp³-hybridized carbons (Fsp3) is 0.300. The largest absolute Gasteiger partial charge is 0.495 e. The maximum absolute atomic E-state index is 13.2. The minimum Gasteiger partial charge on any atom is -0.495 e. The monoisotopic (exact) mass is 417 g/mol. The van der Waals surface area contributed by atoms with Crippen molar-refractivity contribution < 1.29 is 22.7 Å². The molecule has 0 radical (unpaired) electrons. The second-order valence-electron chi connectivity index (χ2n) is 5.87. The van der Waals surface area contributed by atoms with Crippen molar-refractivity contribution in [2.75, 3.05) is 32.2 Å². The van der Waals surface area contributed by atoms with E-state index in [0.29, 0.717) is 18.0 Å². The molecule has 2 aromatic rings. The molecule has 0 aliphatic carbocycles. The highest BCUT2D eigenvalue weighted by molar-refractivity contribution is 7.89. The number of nitrogens with zero attached hydrogens (tertiary/aromatic N) is 2. The Hall–Kier alpha value is -3.09. The summed E-state index contributed by atoms with van der Waals surface area (Å²) < 4.78 is 37.3. The smallest absolute Gasteiger partial charge is 0.258 e. The zero-order valence-corrected chi connectivity index (χ0v) is 17.3. The molecule has 1 amide bonds. The van der Waals surface area contributed by atoms with Gasteiger partial charge in [0.1, 0.15) is 16.4 Å². The van der Waals surface area contributed by atoms with E-state index in [1.807, 2.05) is 13.0 Å². The Morgan fingerprint density at radius 3 is 2.45 bits per heavy atom. The lowest BCUT2D eigenvalue weighted by atomic mass is 10.1.